The molecule has 1 saturated heterocycles. The van der Waals surface area contributed by atoms with E-state index in [1.165, 1.54) is 11.3 Å². The smallest absolute Gasteiger partial charge is 0.214 e. The molecule has 25 heavy (non-hydrogen) atoms. The molecule has 2 aliphatic rings. The molecule has 4 rings (SSSR count). The van der Waals surface area contributed by atoms with E-state index in [0.29, 0.717) is 0 Å². The third-order valence-corrected chi connectivity index (χ3v) is 4.68. The molecule has 2 heterocycles. The first-order valence-corrected chi connectivity index (χ1v) is 8.69. The van der Waals surface area contributed by atoms with Gasteiger partial charge < -0.3 is 14.4 Å². The first-order chi connectivity index (χ1) is 12.3. The molecule has 2 aromatic rings. The van der Waals surface area contributed by atoms with E-state index in [4.69, 9.17) is 9.47 Å². The minimum atomic E-state index is -0.272. The lowest BCUT2D eigenvalue weighted by Gasteiger charge is -2.29. The first kappa shape index (κ1) is 15.9. The SMILES string of the molecule is Cc1ccccc1C1=COC(c2ccc(N3CCOCC3)cc2)N=C1. The Kier molecular flexibility index (Phi) is 4.53. The molecular formula is C21H22N2O2. The predicted octanol–water partition coefficient (Wildman–Crippen LogP) is 3.97. The number of allylic oxidation sites excluding steroid dienone is 1. The van der Waals surface area contributed by atoms with Gasteiger partial charge in [-0.15, -0.1) is 0 Å². The summed E-state index contributed by atoms with van der Waals surface area (Å²) in [5.41, 5.74) is 5.68. The lowest BCUT2D eigenvalue weighted by atomic mass is 10.0. The van der Waals surface area contributed by atoms with Crippen LogP contribution in [-0.2, 0) is 9.47 Å². The highest BCUT2D eigenvalue weighted by atomic mass is 16.5. The number of morpholine rings is 1. The Morgan fingerprint density at radius 3 is 2.44 bits per heavy atom. The van der Waals surface area contributed by atoms with E-state index in [1.807, 2.05) is 24.6 Å². The van der Waals surface area contributed by atoms with Crippen LogP contribution >= 0.6 is 0 Å². The third kappa shape index (κ3) is 3.44. The molecule has 1 unspecified atom stereocenters. The van der Waals surface area contributed by atoms with Gasteiger partial charge in [0.05, 0.1) is 19.5 Å². The number of hydrogen-bond donors (Lipinski definition) is 0. The number of benzene rings is 2. The lowest BCUT2D eigenvalue weighted by molar-refractivity contribution is 0.122. The summed E-state index contributed by atoms with van der Waals surface area (Å²) in [4.78, 5) is 6.93. The zero-order valence-electron chi connectivity index (χ0n) is 14.4. The van der Waals surface area contributed by atoms with Crippen molar-refractivity contribution in [1.82, 2.24) is 0 Å². The van der Waals surface area contributed by atoms with E-state index in [2.05, 4.69) is 53.2 Å². The molecule has 128 valence electrons. The molecule has 2 aliphatic heterocycles. The van der Waals surface area contributed by atoms with Crippen molar-refractivity contribution < 1.29 is 9.47 Å². The van der Waals surface area contributed by atoms with Crippen molar-refractivity contribution in [2.24, 2.45) is 4.99 Å². The maximum absolute atomic E-state index is 5.88. The van der Waals surface area contributed by atoms with Crippen LogP contribution in [0.1, 0.15) is 22.9 Å². The van der Waals surface area contributed by atoms with E-state index in [9.17, 15) is 0 Å². The van der Waals surface area contributed by atoms with E-state index in [1.54, 1.807) is 0 Å². The summed E-state index contributed by atoms with van der Waals surface area (Å²) in [6.45, 7) is 5.58. The van der Waals surface area contributed by atoms with Crippen LogP contribution in [0.2, 0.25) is 0 Å². The molecule has 0 radical (unpaired) electrons. The van der Waals surface area contributed by atoms with E-state index >= 15 is 0 Å². The Labute approximate surface area is 148 Å². The molecule has 1 atom stereocenters. The summed E-state index contributed by atoms with van der Waals surface area (Å²) in [5.74, 6) is 0. The summed E-state index contributed by atoms with van der Waals surface area (Å²) in [6.07, 6.45) is 3.45. The van der Waals surface area contributed by atoms with Crippen LogP contribution in [0, 0.1) is 6.92 Å². The molecule has 2 aromatic carbocycles. The zero-order chi connectivity index (χ0) is 17.1. The fourth-order valence-corrected chi connectivity index (χ4v) is 3.22. The van der Waals surface area contributed by atoms with Gasteiger partial charge in [-0.3, -0.25) is 0 Å². The van der Waals surface area contributed by atoms with Crippen molar-refractivity contribution in [1.29, 1.82) is 0 Å². The highest BCUT2D eigenvalue weighted by Crippen LogP contribution is 2.28. The lowest BCUT2D eigenvalue weighted by Crippen LogP contribution is -2.36. The number of ether oxygens (including phenoxy) is 2. The first-order valence-electron chi connectivity index (χ1n) is 8.69. The van der Waals surface area contributed by atoms with Gasteiger partial charge in [-0.2, -0.15) is 0 Å². The molecule has 1 fully saturated rings. The van der Waals surface area contributed by atoms with Gasteiger partial charge in [0.25, 0.3) is 0 Å². The van der Waals surface area contributed by atoms with Crippen LogP contribution in [0.4, 0.5) is 5.69 Å². The second-order valence-electron chi connectivity index (χ2n) is 6.35. The third-order valence-electron chi connectivity index (χ3n) is 4.68. The van der Waals surface area contributed by atoms with Gasteiger partial charge in [0.1, 0.15) is 0 Å². The van der Waals surface area contributed by atoms with Crippen molar-refractivity contribution in [3.63, 3.8) is 0 Å². The largest absolute Gasteiger partial charge is 0.471 e. The monoisotopic (exact) mass is 334 g/mol. The fraction of sp³-hybridized carbons (Fsp3) is 0.286. The summed E-state index contributed by atoms with van der Waals surface area (Å²) in [7, 11) is 0. The minimum absolute atomic E-state index is 0.272. The number of nitrogens with zero attached hydrogens (tertiary/aromatic N) is 2. The van der Waals surface area contributed by atoms with Gasteiger partial charge in [-0.05, 0) is 30.2 Å². The summed E-state index contributed by atoms with van der Waals surface area (Å²) >= 11 is 0. The number of anilines is 1. The molecule has 4 nitrogen and oxygen atoms in total. The summed E-state index contributed by atoms with van der Waals surface area (Å²) in [6, 6.07) is 16.7. The van der Waals surface area contributed by atoms with E-state index in [0.717, 1.165) is 43.0 Å². The maximum atomic E-state index is 5.88. The van der Waals surface area contributed by atoms with Gasteiger partial charge in [-0.25, -0.2) is 4.99 Å². The van der Waals surface area contributed by atoms with Crippen molar-refractivity contribution in [2.45, 2.75) is 13.2 Å². The van der Waals surface area contributed by atoms with Crippen molar-refractivity contribution in [3.8, 4) is 0 Å². The molecule has 4 heteroatoms. The standard InChI is InChI=1S/C21H22N2O2/c1-16-4-2-3-5-20(16)18-14-22-21(25-15-18)17-6-8-19(9-7-17)23-10-12-24-13-11-23/h2-9,14-15,21H,10-13H2,1H3. The van der Waals surface area contributed by atoms with Gasteiger partial charge in [0.2, 0.25) is 6.23 Å². The molecule has 0 aromatic heterocycles. The van der Waals surface area contributed by atoms with Gasteiger partial charge in [-0.1, -0.05) is 36.4 Å². The van der Waals surface area contributed by atoms with Crippen molar-refractivity contribution in [3.05, 3.63) is 71.5 Å². The van der Waals surface area contributed by atoms with Crippen LogP contribution in [0.3, 0.4) is 0 Å². The normalized spacial score (nSPS) is 20.1. The highest BCUT2D eigenvalue weighted by Gasteiger charge is 2.16. The average molecular weight is 334 g/mol. The summed E-state index contributed by atoms with van der Waals surface area (Å²) < 4.78 is 11.3. The van der Waals surface area contributed by atoms with E-state index in [-0.39, 0.29) is 6.23 Å². The molecule has 0 N–H and O–H groups in total. The Balaban J connectivity index is 1.46. The predicted molar refractivity (Wildman–Crippen MR) is 101 cm³/mol. The van der Waals surface area contributed by atoms with Gasteiger partial charge in [0, 0.05) is 36.1 Å². The van der Waals surface area contributed by atoms with Crippen LogP contribution in [0.15, 0.2) is 59.8 Å². The van der Waals surface area contributed by atoms with Crippen LogP contribution < -0.4 is 4.90 Å². The molecule has 0 amide bonds. The number of hydrogen-bond acceptors (Lipinski definition) is 4. The molecule has 0 spiro atoms. The quantitative estimate of drug-likeness (QED) is 0.852. The molecule has 0 bridgehead atoms. The number of rotatable bonds is 3. The van der Waals surface area contributed by atoms with Crippen molar-refractivity contribution >= 4 is 17.5 Å². The molecular weight excluding hydrogens is 312 g/mol. The van der Waals surface area contributed by atoms with Gasteiger partial charge in [0.15, 0.2) is 0 Å². The Bertz CT molecular complexity index is 790. The Morgan fingerprint density at radius 2 is 1.76 bits per heavy atom. The topological polar surface area (TPSA) is 34.1 Å². The van der Waals surface area contributed by atoms with Crippen LogP contribution in [-0.4, -0.2) is 32.5 Å². The summed E-state index contributed by atoms with van der Waals surface area (Å²) in [5, 5.41) is 0. The van der Waals surface area contributed by atoms with E-state index < -0.39 is 0 Å². The Hall–Kier alpha value is -2.59. The maximum Gasteiger partial charge on any atom is 0.214 e. The van der Waals surface area contributed by atoms with Crippen molar-refractivity contribution in [2.75, 3.05) is 31.2 Å². The second-order valence-corrected chi connectivity index (χ2v) is 6.35. The number of aryl methyl sites for hydroxylation is 1. The zero-order valence-corrected chi connectivity index (χ0v) is 14.4. The highest BCUT2D eigenvalue weighted by molar-refractivity contribution is 6.10. The Morgan fingerprint density at radius 1 is 1.00 bits per heavy atom. The number of aliphatic imine (C=N–C) groups is 1. The molecule has 0 saturated carbocycles. The van der Waals surface area contributed by atoms with Gasteiger partial charge >= 0.3 is 0 Å². The second kappa shape index (κ2) is 7.11. The minimum Gasteiger partial charge on any atom is -0.471 e. The van der Waals surface area contributed by atoms with Crippen LogP contribution in [0.5, 0.6) is 0 Å². The fourth-order valence-electron chi connectivity index (χ4n) is 3.22. The average Bonchev–Trinajstić information content (AvgIpc) is 2.69. The van der Waals surface area contributed by atoms with Crippen LogP contribution in [0.25, 0.3) is 5.57 Å². The molecule has 0 aliphatic carbocycles.